The van der Waals surface area contributed by atoms with Crippen LogP contribution >= 0.6 is 0 Å². The summed E-state index contributed by atoms with van der Waals surface area (Å²) in [6, 6.07) is 10.2. The fourth-order valence-corrected chi connectivity index (χ4v) is 1.82. The maximum absolute atomic E-state index is 12.6. The van der Waals surface area contributed by atoms with Crippen molar-refractivity contribution in [1.29, 1.82) is 5.26 Å². The zero-order valence-corrected chi connectivity index (χ0v) is 11.3. The van der Waals surface area contributed by atoms with Gasteiger partial charge in [-0.25, -0.2) is 4.98 Å². The maximum atomic E-state index is 12.6. The van der Waals surface area contributed by atoms with E-state index in [-0.39, 0.29) is 11.5 Å². The van der Waals surface area contributed by atoms with Crippen LogP contribution in [0.1, 0.15) is 35.7 Å². The van der Waals surface area contributed by atoms with Crippen molar-refractivity contribution in [3.8, 4) is 6.07 Å². The van der Waals surface area contributed by atoms with Crippen molar-refractivity contribution in [3.63, 3.8) is 0 Å². The number of nitrogens with two attached hydrogens (primary N) is 1. The van der Waals surface area contributed by atoms with E-state index in [4.69, 9.17) is 11.0 Å². The van der Waals surface area contributed by atoms with E-state index >= 15 is 0 Å². The van der Waals surface area contributed by atoms with Crippen LogP contribution in [0.2, 0.25) is 0 Å². The molecule has 5 heteroatoms. The molecule has 0 amide bonds. The van der Waals surface area contributed by atoms with Crippen molar-refractivity contribution in [1.82, 2.24) is 9.97 Å². The summed E-state index contributed by atoms with van der Waals surface area (Å²) in [4.78, 5) is 20.8. The van der Waals surface area contributed by atoms with Crippen LogP contribution in [0.3, 0.4) is 0 Å². The smallest absolute Gasteiger partial charge is 0.192 e. The van der Waals surface area contributed by atoms with Crippen LogP contribution in [-0.2, 0) is 5.41 Å². The van der Waals surface area contributed by atoms with Gasteiger partial charge in [0, 0.05) is 0 Å². The molecule has 0 aromatic carbocycles. The molecule has 100 valence electrons. The molecule has 20 heavy (non-hydrogen) atoms. The number of carbonyl (C=O) groups excluding carboxylic acids is 1. The molecule has 2 aromatic heterocycles. The molecule has 0 aliphatic rings. The third kappa shape index (κ3) is 2.50. The van der Waals surface area contributed by atoms with E-state index in [1.807, 2.05) is 6.07 Å². The van der Waals surface area contributed by atoms with E-state index in [1.165, 1.54) is 6.20 Å². The van der Waals surface area contributed by atoms with Gasteiger partial charge in [0.25, 0.3) is 0 Å². The lowest BCUT2D eigenvalue weighted by Gasteiger charge is -2.22. The van der Waals surface area contributed by atoms with Crippen LogP contribution in [0.4, 0.5) is 5.69 Å². The van der Waals surface area contributed by atoms with Gasteiger partial charge >= 0.3 is 0 Å². The molecule has 0 bridgehead atoms. The molecule has 2 N–H and O–H groups in total. The Labute approximate surface area is 117 Å². The molecule has 2 rings (SSSR count). The third-order valence-corrected chi connectivity index (χ3v) is 3.09. The van der Waals surface area contributed by atoms with Gasteiger partial charge in [-0.2, -0.15) is 5.26 Å². The Hall–Kier alpha value is -2.74. The highest BCUT2D eigenvalue weighted by Crippen LogP contribution is 2.25. The van der Waals surface area contributed by atoms with Crippen molar-refractivity contribution in [2.45, 2.75) is 19.3 Å². The average molecular weight is 266 g/mol. The van der Waals surface area contributed by atoms with Gasteiger partial charge < -0.3 is 5.73 Å². The molecule has 5 nitrogen and oxygen atoms in total. The van der Waals surface area contributed by atoms with Crippen molar-refractivity contribution in [2.24, 2.45) is 0 Å². The number of aromatic nitrogens is 2. The van der Waals surface area contributed by atoms with Crippen LogP contribution in [0.15, 0.2) is 36.5 Å². The number of rotatable bonds is 3. The van der Waals surface area contributed by atoms with Crippen molar-refractivity contribution in [2.75, 3.05) is 5.73 Å². The lowest BCUT2D eigenvalue weighted by atomic mass is 9.82. The Morgan fingerprint density at radius 1 is 1.30 bits per heavy atom. The highest BCUT2D eigenvalue weighted by molar-refractivity contribution is 6.01. The summed E-state index contributed by atoms with van der Waals surface area (Å²) in [5.74, 6) is -0.167. The standard InChI is InChI=1S/C15H14N4O/c1-15(2,13-5-3-4-11(8-16)19-13)14(20)12-7-6-10(17)9-18-12/h3-7,9H,17H2,1-2H3. The lowest BCUT2D eigenvalue weighted by Crippen LogP contribution is -2.31. The number of hydrogen-bond donors (Lipinski definition) is 1. The Morgan fingerprint density at radius 2 is 2.05 bits per heavy atom. The van der Waals surface area contributed by atoms with Crippen LogP contribution in [0.5, 0.6) is 0 Å². The molecule has 0 aliphatic carbocycles. The third-order valence-electron chi connectivity index (χ3n) is 3.09. The number of carbonyl (C=O) groups is 1. The minimum absolute atomic E-state index is 0.167. The van der Waals surface area contributed by atoms with E-state index in [9.17, 15) is 4.79 Å². The molecule has 0 aliphatic heterocycles. The normalized spacial score (nSPS) is 10.8. The molecule has 0 saturated carbocycles. The molecule has 0 radical (unpaired) electrons. The minimum atomic E-state index is -0.865. The lowest BCUT2D eigenvalue weighted by molar-refractivity contribution is 0.0900. The molecule has 2 aromatic rings. The van der Waals surface area contributed by atoms with Crippen LogP contribution in [-0.4, -0.2) is 15.8 Å². The summed E-state index contributed by atoms with van der Waals surface area (Å²) in [5, 5.41) is 8.89. The Morgan fingerprint density at radius 3 is 2.65 bits per heavy atom. The van der Waals surface area contributed by atoms with E-state index in [1.54, 1.807) is 44.2 Å². The topological polar surface area (TPSA) is 92.7 Å². The fourth-order valence-electron chi connectivity index (χ4n) is 1.82. The predicted octanol–water partition coefficient (Wildman–Crippen LogP) is 2.09. The number of nitrogen functional groups attached to an aromatic ring is 1. The molecule has 0 fully saturated rings. The average Bonchev–Trinajstić information content (AvgIpc) is 2.47. The molecule has 0 spiro atoms. The molecular weight excluding hydrogens is 252 g/mol. The highest BCUT2D eigenvalue weighted by atomic mass is 16.1. The van der Waals surface area contributed by atoms with Gasteiger partial charge in [-0.3, -0.25) is 9.78 Å². The molecule has 0 unspecified atom stereocenters. The largest absolute Gasteiger partial charge is 0.397 e. The molecular formula is C15H14N4O. The quantitative estimate of drug-likeness (QED) is 0.858. The Kier molecular flexibility index (Phi) is 3.49. The first kappa shape index (κ1) is 13.7. The van der Waals surface area contributed by atoms with Crippen LogP contribution < -0.4 is 5.73 Å². The fraction of sp³-hybridized carbons (Fsp3) is 0.200. The number of hydrogen-bond acceptors (Lipinski definition) is 5. The van der Waals surface area contributed by atoms with Crippen molar-refractivity contribution in [3.05, 3.63) is 53.6 Å². The zero-order chi connectivity index (χ0) is 14.8. The summed E-state index contributed by atoms with van der Waals surface area (Å²) in [7, 11) is 0. The Balaban J connectivity index is 2.41. The summed E-state index contributed by atoms with van der Waals surface area (Å²) in [6.07, 6.45) is 1.45. The number of Topliss-reactive ketones (excluding diaryl/α,β-unsaturated/α-hetero) is 1. The van der Waals surface area contributed by atoms with E-state index < -0.39 is 5.41 Å². The number of nitrogens with zero attached hydrogens (tertiary/aromatic N) is 3. The summed E-state index contributed by atoms with van der Waals surface area (Å²) in [5.41, 5.74) is 6.36. The summed E-state index contributed by atoms with van der Waals surface area (Å²) < 4.78 is 0. The van der Waals surface area contributed by atoms with Gasteiger partial charge in [-0.1, -0.05) is 6.07 Å². The van der Waals surface area contributed by atoms with Gasteiger partial charge in [-0.15, -0.1) is 0 Å². The van der Waals surface area contributed by atoms with Gasteiger partial charge in [-0.05, 0) is 38.1 Å². The van der Waals surface area contributed by atoms with Crippen molar-refractivity contribution < 1.29 is 4.79 Å². The monoisotopic (exact) mass is 266 g/mol. The Bertz CT molecular complexity index is 684. The van der Waals surface area contributed by atoms with E-state index in [0.29, 0.717) is 17.1 Å². The SMILES string of the molecule is CC(C)(C(=O)c1ccc(N)cn1)c1cccc(C#N)n1. The molecule has 2 heterocycles. The van der Waals surface area contributed by atoms with Gasteiger partial charge in [0.2, 0.25) is 0 Å². The number of pyridine rings is 2. The van der Waals surface area contributed by atoms with Gasteiger partial charge in [0.1, 0.15) is 17.5 Å². The second kappa shape index (κ2) is 5.10. The summed E-state index contributed by atoms with van der Waals surface area (Å²) >= 11 is 0. The van der Waals surface area contributed by atoms with Gasteiger partial charge in [0.15, 0.2) is 5.78 Å². The highest BCUT2D eigenvalue weighted by Gasteiger charge is 2.33. The number of anilines is 1. The van der Waals surface area contributed by atoms with Gasteiger partial charge in [0.05, 0.1) is 23.0 Å². The number of nitriles is 1. The van der Waals surface area contributed by atoms with Crippen LogP contribution in [0.25, 0.3) is 0 Å². The molecule has 0 atom stereocenters. The van der Waals surface area contributed by atoms with E-state index in [0.717, 1.165) is 0 Å². The maximum Gasteiger partial charge on any atom is 0.192 e. The first-order valence-electron chi connectivity index (χ1n) is 6.09. The second-order valence-corrected chi connectivity index (χ2v) is 4.95. The minimum Gasteiger partial charge on any atom is -0.397 e. The summed E-state index contributed by atoms with van der Waals surface area (Å²) in [6.45, 7) is 3.52. The predicted molar refractivity (Wildman–Crippen MR) is 75.0 cm³/mol. The van der Waals surface area contributed by atoms with Crippen molar-refractivity contribution >= 4 is 11.5 Å². The second-order valence-electron chi connectivity index (χ2n) is 4.95. The molecule has 0 saturated heterocycles. The first-order chi connectivity index (χ1) is 9.45. The zero-order valence-electron chi connectivity index (χ0n) is 11.3. The van der Waals surface area contributed by atoms with Crippen LogP contribution in [0, 0.1) is 11.3 Å². The first-order valence-corrected chi connectivity index (χ1v) is 6.09. The number of ketones is 1. The van der Waals surface area contributed by atoms with E-state index in [2.05, 4.69) is 9.97 Å².